The van der Waals surface area contributed by atoms with Gasteiger partial charge in [-0.15, -0.1) is 0 Å². The molecule has 1 aliphatic carbocycles. The van der Waals surface area contributed by atoms with E-state index in [9.17, 15) is 0 Å². The first-order valence-electron chi connectivity index (χ1n) is 4.02. The van der Waals surface area contributed by atoms with Crippen molar-refractivity contribution in [3.05, 3.63) is 0 Å². The fourth-order valence-electron chi connectivity index (χ4n) is 1.62. The summed E-state index contributed by atoms with van der Waals surface area (Å²) in [5.74, 6) is 0. The molecule has 0 aromatic rings. The molecule has 0 spiro atoms. The minimum atomic E-state index is 0.174. The Bertz CT molecular complexity index is 123. The van der Waals surface area contributed by atoms with E-state index < -0.39 is 0 Å². The number of hydrogen-bond acceptors (Lipinski definition) is 1. The van der Waals surface area contributed by atoms with Gasteiger partial charge in [0.15, 0.2) is 0 Å². The van der Waals surface area contributed by atoms with Crippen molar-refractivity contribution in [3.8, 4) is 0 Å². The Morgan fingerprint density at radius 1 is 1.30 bits per heavy atom. The monoisotopic (exact) mass is 140 g/mol. The summed E-state index contributed by atoms with van der Waals surface area (Å²) in [6.07, 6.45) is 7.87. The first-order chi connectivity index (χ1) is 4.77. The average Bonchev–Trinajstić information content (AvgIpc) is 1.89. The van der Waals surface area contributed by atoms with E-state index in [1.165, 1.54) is 38.4 Å². The van der Waals surface area contributed by atoms with Crippen LogP contribution in [0.5, 0.6) is 0 Å². The molecular weight excluding hydrogens is 124 g/mol. The van der Waals surface area contributed by atoms with Gasteiger partial charge in [-0.1, -0.05) is 19.3 Å². The molecule has 10 heavy (non-hydrogen) atoms. The van der Waals surface area contributed by atoms with Crippen LogP contribution in [0.1, 0.15) is 39.0 Å². The Labute approximate surface area is 62.5 Å². The molecule has 0 unspecified atom stereocenters. The van der Waals surface area contributed by atoms with Crippen molar-refractivity contribution in [2.45, 2.75) is 44.6 Å². The van der Waals surface area contributed by atoms with E-state index in [1.54, 1.807) is 0 Å². The smallest absolute Gasteiger partial charge is 0.0804 e. The van der Waals surface area contributed by atoms with E-state index in [0.717, 1.165) is 0 Å². The summed E-state index contributed by atoms with van der Waals surface area (Å²) < 4.78 is 0. The van der Waals surface area contributed by atoms with Crippen LogP contribution in [0.2, 0.25) is 0 Å². The van der Waals surface area contributed by atoms with Crippen molar-refractivity contribution in [2.24, 2.45) is 10.7 Å². The molecule has 1 saturated carbocycles. The number of rotatable bonds is 1. The summed E-state index contributed by atoms with van der Waals surface area (Å²) in [7, 11) is 0. The van der Waals surface area contributed by atoms with Crippen LogP contribution in [0.4, 0.5) is 0 Å². The number of hydrogen-bond donors (Lipinski definition) is 1. The van der Waals surface area contributed by atoms with E-state index in [0.29, 0.717) is 0 Å². The Kier molecular flexibility index (Phi) is 2.30. The van der Waals surface area contributed by atoms with Gasteiger partial charge in [0, 0.05) is 0 Å². The lowest BCUT2D eigenvalue weighted by molar-refractivity contribution is 0.326. The lowest BCUT2D eigenvalue weighted by Gasteiger charge is -2.28. The van der Waals surface area contributed by atoms with E-state index in [2.05, 4.69) is 11.9 Å². The van der Waals surface area contributed by atoms with Gasteiger partial charge in [0.1, 0.15) is 0 Å². The topological polar surface area (TPSA) is 38.4 Å². The van der Waals surface area contributed by atoms with Gasteiger partial charge in [0.05, 0.1) is 11.9 Å². The standard InChI is InChI=1S/C8H16N2/c1-8(10-7-9)5-3-2-4-6-8/h7H,2-6H2,1H3,(H2,9,10). The summed E-state index contributed by atoms with van der Waals surface area (Å²) in [6, 6.07) is 0. The molecule has 2 nitrogen and oxygen atoms in total. The highest BCUT2D eigenvalue weighted by molar-refractivity contribution is 5.52. The zero-order valence-corrected chi connectivity index (χ0v) is 6.64. The average molecular weight is 140 g/mol. The highest BCUT2D eigenvalue weighted by Crippen LogP contribution is 2.30. The second kappa shape index (κ2) is 3.04. The maximum Gasteiger partial charge on any atom is 0.0804 e. The maximum atomic E-state index is 5.25. The third-order valence-corrected chi connectivity index (χ3v) is 2.32. The van der Waals surface area contributed by atoms with E-state index >= 15 is 0 Å². The quantitative estimate of drug-likeness (QED) is 0.437. The third-order valence-electron chi connectivity index (χ3n) is 2.32. The number of aliphatic imine (C=N–C) groups is 1. The molecule has 0 aromatic heterocycles. The zero-order chi connectivity index (χ0) is 7.45. The van der Waals surface area contributed by atoms with Crippen molar-refractivity contribution in [2.75, 3.05) is 0 Å². The van der Waals surface area contributed by atoms with Crippen molar-refractivity contribution in [3.63, 3.8) is 0 Å². The van der Waals surface area contributed by atoms with Crippen LogP contribution in [0, 0.1) is 0 Å². The predicted octanol–water partition coefficient (Wildman–Crippen LogP) is 1.70. The van der Waals surface area contributed by atoms with Crippen molar-refractivity contribution < 1.29 is 0 Å². The van der Waals surface area contributed by atoms with E-state index in [4.69, 9.17) is 5.73 Å². The lowest BCUT2D eigenvalue weighted by Crippen LogP contribution is -2.25. The van der Waals surface area contributed by atoms with Gasteiger partial charge in [-0.25, -0.2) is 0 Å². The molecule has 1 rings (SSSR count). The number of nitrogens with two attached hydrogens (primary N) is 1. The molecule has 0 atom stereocenters. The van der Waals surface area contributed by atoms with E-state index in [-0.39, 0.29) is 5.54 Å². The van der Waals surface area contributed by atoms with Gasteiger partial charge in [0.25, 0.3) is 0 Å². The molecule has 0 saturated heterocycles. The van der Waals surface area contributed by atoms with Crippen LogP contribution in [0.25, 0.3) is 0 Å². The third kappa shape index (κ3) is 1.72. The van der Waals surface area contributed by atoms with Crippen molar-refractivity contribution in [1.29, 1.82) is 0 Å². The van der Waals surface area contributed by atoms with Crippen LogP contribution in [-0.2, 0) is 0 Å². The van der Waals surface area contributed by atoms with Gasteiger partial charge < -0.3 is 5.73 Å². The first kappa shape index (κ1) is 7.58. The van der Waals surface area contributed by atoms with Crippen LogP contribution in [0.3, 0.4) is 0 Å². The van der Waals surface area contributed by atoms with Crippen molar-refractivity contribution in [1.82, 2.24) is 0 Å². The van der Waals surface area contributed by atoms with Crippen LogP contribution in [-0.4, -0.2) is 11.9 Å². The fourth-order valence-corrected chi connectivity index (χ4v) is 1.62. The summed E-state index contributed by atoms with van der Waals surface area (Å²) in [5, 5.41) is 0. The van der Waals surface area contributed by atoms with Gasteiger partial charge in [-0.05, 0) is 19.8 Å². The van der Waals surface area contributed by atoms with Gasteiger partial charge in [-0.2, -0.15) is 0 Å². The fraction of sp³-hybridized carbons (Fsp3) is 0.875. The van der Waals surface area contributed by atoms with E-state index in [1.807, 2.05) is 0 Å². The van der Waals surface area contributed by atoms with Gasteiger partial charge in [-0.3, -0.25) is 4.99 Å². The molecular formula is C8H16N2. The molecule has 1 aliphatic rings. The Hall–Kier alpha value is -0.530. The molecule has 0 heterocycles. The molecule has 0 amide bonds. The van der Waals surface area contributed by atoms with Crippen LogP contribution >= 0.6 is 0 Å². The normalized spacial score (nSPS) is 25.3. The Morgan fingerprint density at radius 2 is 1.90 bits per heavy atom. The second-order valence-corrected chi connectivity index (χ2v) is 3.34. The minimum Gasteiger partial charge on any atom is -0.390 e. The molecule has 0 aliphatic heterocycles. The molecule has 1 fully saturated rings. The second-order valence-electron chi connectivity index (χ2n) is 3.34. The molecule has 58 valence electrons. The minimum absolute atomic E-state index is 0.174. The summed E-state index contributed by atoms with van der Waals surface area (Å²) >= 11 is 0. The lowest BCUT2D eigenvalue weighted by atomic mass is 9.84. The Balaban J connectivity index is 2.48. The maximum absolute atomic E-state index is 5.25. The largest absolute Gasteiger partial charge is 0.390 e. The predicted molar refractivity (Wildman–Crippen MR) is 44.2 cm³/mol. The molecule has 0 aromatic carbocycles. The van der Waals surface area contributed by atoms with Crippen LogP contribution in [0.15, 0.2) is 4.99 Å². The first-order valence-corrected chi connectivity index (χ1v) is 4.02. The highest BCUT2D eigenvalue weighted by atomic mass is 14.9. The highest BCUT2D eigenvalue weighted by Gasteiger charge is 2.24. The van der Waals surface area contributed by atoms with Gasteiger partial charge in [0.2, 0.25) is 0 Å². The van der Waals surface area contributed by atoms with Crippen molar-refractivity contribution >= 4 is 6.34 Å². The molecule has 2 N–H and O–H groups in total. The van der Waals surface area contributed by atoms with Gasteiger partial charge >= 0.3 is 0 Å². The Morgan fingerprint density at radius 3 is 2.40 bits per heavy atom. The number of nitrogens with zero attached hydrogens (tertiary/aromatic N) is 1. The summed E-state index contributed by atoms with van der Waals surface area (Å²) in [5.41, 5.74) is 5.43. The summed E-state index contributed by atoms with van der Waals surface area (Å²) in [4.78, 5) is 4.27. The molecule has 2 heteroatoms. The summed E-state index contributed by atoms with van der Waals surface area (Å²) in [6.45, 7) is 2.19. The molecule has 0 radical (unpaired) electrons. The SMILES string of the molecule is CC1(N=CN)CCCCC1. The van der Waals surface area contributed by atoms with Crippen LogP contribution < -0.4 is 5.73 Å². The zero-order valence-electron chi connectivity index (χ0n) is 6.64. The molecule has 0 bridgehead atoms.